The molecule has 31 heavy (non-hydrogen) atoms. The number of allylic oxidation sites excluding steroid dienone is 1. The lowest BCUT2D eigenvalue weighted by atomic mass is 10.1. The van der Waals surface area contributed by atoms with Gasteiger partial charge in [-0.05, 0) is 44.7 Å². The number of aromatic nitrogens is 3. The number of thiophene rings is 1. The first-order chi connectivity index (χ1) is 14.9. The molecule has 4 rings (SSSR count). The molecule has 0 aliphatic heterocycles. The second-order valence-electron chi connectivity index (χ2n) is 7.27. The van der Waals surface area contributed by atoms with Crippen molar-refractivity contribution in [3.8, 4) is 11.4 Å². The van der Waals surface area contributed by atoms with Crippen molar-refractivity contribution in [3.05, 3.63) is 46.7 Å². The fourth-order valence-electron chi connectivity index (χ4n) is 3.66. The van der Waals surface area contributed by atoms with Crippen molar-refractivity contribution in [2.24, 2.45) is 5.73 Å². The van der Waals surface area contributed by atoms with Gasteiger partial charge in [-0.15, -0.1) is 28.1 Å². The zero-order chi connectivity index (χ0) is 22.1. The van der Waals surface area contributed by atoms with Crippen molar-refractivity contribution in [1.29, 1.82) is 0 Å². The molecule has 3 N–H and O–H groups in total. The van der Waals surface area contributed by atoms with Crippen molar-refractivity contribution in [1.82, 2.24) is 14.8 Å². The van der Waals surface area contributed by atoms with Gasteiger partial charge < -0.3 is 15.5 Å². The number of fused-ring (bicyclic) bond motifs is 1. The minimum atomic E-state index is -0.499. The Labute approximate surface area is 187 Å². The summed E-state index contributed by atoms with van der Waals surface area (Å²) in [6.07, 6.45) is 6.12. The van der Waals surface area contributed by atoms with E-state index in [1.165, 1.54) is 23.1 Å². The Hall–Kier alpha value is -2.85. The molecule has 0 saturated heterocycles. The van der Waals surface area contributed by atoms with Crippen LogP contribution in [0.1, 0.15) is 39.9 Å². The summed E-state index contributed by atoms with van der Waals surface area (Å²) in [6.45, 7) is 7.96. The second-order valence-corrected chi connectivity index (χ2v) is 9.68. The minimum Gasteiger partial charge on any atom is -0.469 e. The van der Waals surface area contributed by atoms with E-state index in [0.717, 1.165) is 41.0 Å². The maximum Gasteiger partial charge on any atom is 0.251 e. The SMILES string of the molecule is C=CCn1c(S[C@H](C)C(=O)Nc2sc3c(c2C(N)=O)CCC3)nnc1-c1ccoc1C. The van der Waals surface area contributed by atoms with E-state index in [2.05, 4.69) is 22.1 Å². The molecule has 0 saturated carbocycles. The number of rotatable bonds is 8. The van der Waals surface area contributed by atoms with Crippen molar-refractivity contribution < 1.29 is 14.0 Å². The summed E-state index contributed by atoms with van der Waals surface area (Å²) in [5.41, 5.74) is 7.88. The number of anilines is 1. The molecule has 2 amide bonds. The average Bonchev–Trinajstić information content (AvgIpc) is 3.47. The van der Waals surface area contributed by atoms with Gasteiger partial charge in [-0.2, -0.15) is 0 Å². The van der Waals surface area contributed by atoms with Crippen LogP contribution in [-0.4, -0.2) is 31.8 Å². The summed E-state index contributed by atoms with van der Waals surface area (Å²) < 4.78 is 7.29. The third-order valence-corrected chi connectivity index (χ3v) is 7.47. The number of carbonyl (C=O) groups is 2. The molecule has 0 unspecified atom stereocenters. The molecule has 0 bridgehead atoms. The number of aryl methyl sites for hydroxylation is 2. The van der Waals surface area contributed by atoms with E-state index in [0.29, 0.717) is 28.1 Å². The summed E-state index contributed by atoms with van der Waals surface area (Å²) in [5.74, 6) is 0.680. The highest BCUT2D eigenvalue weighted by Gasteiger charge is 2.28. The quantitative estimate of drug-likeness (QED) is 0.393. The van der Waals surface area contributed by atoms with Gasteiger partial charge in [0.25, 0.3) is 5.91 Å². The van der Waals surface area contributed by atoms with Gasteiger partial charge in [0.1, 0.15) is 10.8 Å². The Balaban J connectivity index is 1.54. The van der Waals surface area contributed by atoms with E-state index in [9.17, 15) is 9.59 Å². The Morgan fingerprint density at radius 3 is 2.94 bits per heavy atom. The average molecular weight is 458 g/mol. The Kier molecular flexibility index (Phi) is 6.01. The first-order valence-corrected chi connectivity index (χ1v) is 11.6. The minimum absolute atomic E-state index is 0.221. The van der Waals surface area contributed by atoms with Gasteiger partial charge in [-0.1, -0.05) is 17.8 Å². The highest BCUT2D eigenvalue weighted by atomic mass is 32.2. The summed E-state index contributed by atoms with van der Waals surface area (Å²) in [5, 5.41) is 12.2. The number of hydrogen-bond acceptors (Lipinski definition) is 7. The lowest BCUT2D eigenvalue weighted by molar-refractivity contribution is -0.115. The topological polar surface area (TPSA) is 116 Å². The van der Waals surface area contributed by atoms with Crippen LogP contribution in [0.15, 0.2) is 34.6 Å². The zero-order valence-corrected chi connectivity index (χ0v) is 18.9. The number of thioether (sulfide) groups is 1. The normalized spacial score (nSPS) is 13.7. The summed E-state index contributed by atoms with van der Waals surface area (Å²) in [7, 11) is 0. The van der Waals surface area contributed by atoms with Gasteiger partial charge in [0.05, 0.1) is 22.6 Å². The van der Waals surface area contributed by atoms with Crippen LogP contribution in [0.2, 0.25) is 0 Å². The van der Waals surface area contributed by atoms with Crippen LogP contribution in [0, 0.1) is 6.92 Å². The number of primary amides is 1. The van der Waals surface area contributed by atoms with E-state index in [4.69, 9.17) is 10.2 Å². The lowest BCUT2D eigenvalue weighted by Gasteiger charge is -2.13. The van der Waals surface area contributed by atoms with Crippen LogP contribution < -0.4 is 11.1 Å². The first-order valence-electron chi connectivity index (χ1n) is 9.91. The number of amides is 2. The number of carbonyl (C=O) groups excluding carboxylic acids is 2. The van der Waals surface area contributed by atoms with Crippen LogP contribution in [0.4, 0.5) is 5.00 Å². The highest BCUT2D eigenvalue weighted by molar-refractivity contribution is 8.00. The van der Waals surface area contributed by atoms with Crippen molar-refractivity contribution >= 4 is 39.9 Å². The molecule has 10 heteroatoms. The van der Waals surface area contributed by atoms with Crippen LogP contribution in [-0.2, 0) is 24.2 Å². The Bertz CT molecular complexity index is 1160. The fourth-order valence-corrected chi connectivity index (χ4v) is 5.82. The Morgan fingerprint density at radius 1 is 1.45 bits per heavy atom. The van der Waals surface area contributed by atoms with E-state index in [-0.39, 0.29) is 5.91 Å². The number of furan rings is 1. The molecule has 162 valence electrons. The molecule has 0 fully saturated rings. The zero-order valence-electron chi connectivity index (χ0n) is 17.3. The van der Waals surface area contributed by atoms with Crippen molar-refractivity contribution in [2.75, 3.05) is 5.32 Å². The fraction of sp³-hybridized carbons (Fsp3) is 0.333. The van der Waals surface area contributed by atoms with E-state index >= 15 is 0 Å². The molecule has 1 aliphatic carbocycles. The monoisotopic (exact) mass is 457 g/mol. The number of nitrogens with two attached hydrogens (primary N) is 1. The predicted molar refractivity (Wildman–Crippen MR) is 121 cm³/mol. The summed E-state index contributed by atoms with van der Waals surface area (Å²) in [6, 6.07) is 1.84. The molecule has 3 aromatic rings. The lowest BCUT2D eigenvalue weighted by Crippen LogP contribution is -2.24. The van der Waals surface area contributed by atoms with Crippen molar-refractivity contribution in [2.45, 2.75) is 50.1 Å². The van der Waals surface area contributed by atoms with Crippen LogP contribution in [0.25, 0.3) is 11.4 Å². The van der Waals surface area contributed by atoms with Gasteiger partial charge in [0.15, 0.2) is 11.0 Å². The summed E-state index contributed by atoms with van der Waals surface area (Å²) in [4.78, 5) is 26.0. The largest absolute Gasteiger partial charge is 0.469 e. The van der Waals surface area contributed by atoms with Crippen LogP contribution in [0.3, 0.4) is 0 Å². The highest BCUT2D eigenvalue weighted by Crippen LogP contribution is 2.39. The molecule has 1 atom stereocenters. The number of nitrogens with one attached hydrogen (secondary N) is 1. The molecule has 3 aromatic heterocycles. The summed E-state index contributed by atoms with van der Waals surface area (Å²) >= 11 is 2.74. The Morgan fingerprint density at radius 2 is 2.26 bits per heavy atom. The molecular formula is C21H23N5O3S2. The molecule has 8 nitrogen and oxygen atoms in total. The van der Waals surface area contributed by atoms with Gasteiger partial charge >= 0.3 is 0 Å². The molecule has 1 aliphatic rings. The van der Waals surface area contributed by atoms with E-state index in [1.54, 1.807) is 19.3 Å². The van der Waals surface area contributed by atoms with Crippen LogP contribution >= 0.6 is 23.1 Å². The van der Waals surface area contributed by atoms with Gasteiger partial charge in [0, 0.05) is 11.4 Å². The van der Waals surface area contributed by atoms with E-state index in [1.807, 2.05) is 17.6 Å². The molecule has 3 heterocycles. The van der Waals surface area contributed by atoms with Crippen molar-refractivity contribution in [3.63, 3.8) is 0 Å². The van der Waals surface area contributed by atoms with Gasteiger partial charge in [0.2, 0.25) is 5.91 Å². The third kappa shape index (κ3) is 4.05. The molecule has 0 radical (unpaired) electrons. The first kappa shape index (κ1) is 21.4. The van der Waals surface area contributed by atoms with E-state index < -0.39 is 11.2 Å². The third-order valence-electron chi connectivity index (χ3n) is 5.18. The maximum absolute atomic E-state index is 12.9. The standard InChI is InChI=1S/C21H23N5O3S2/c1-4-9-26-18(13-8-10-29-11(13)2)24-25-21(26)30-12(3)19(28)23-20-16(17(22)27)14-6-5-7-15(14)31-20/h4,8,10,12H,1,5-7,9H2,2-3H3,(H2,22,27)(H,23,28)/t12-/m1/s1. The molecular weight excluding hydrogens is 434 g/mol. The van der Waals surface area contributed by atoms with Crippen LogP contribution in [0.5, 0.6) is 0 Å². The molecule has 0 aromatic carbocycles. The van der Waals surface area contributed by atoms with Gasteiger partial charge in [-0.3, -0.25) is 14.2 Å². The maximum atomic E-state index is 12.9. The molecule has 0 spiro atoms. The number of nitrogens with zero attached hydrogens (tertiary/aromatic N) is 3. The predicted octanol–water partition coefficient (Wildman–Crippen LogP) is 3.80. The second kappa shape index (κ2) is 8.72. The van der Waals surface area contributed by atoms with Gasteiger partial charge in [-0.25, -0.2) is 0 Å². The number of hydrogen-bond donors (Lipinski definition) is 2. The smallest absolute Gasteiger partial charge is 0.251 e.